The zero-order chi connectivity index (χ0) is 25.9. The fourth-order valence-electron chi connectivity index (χ4n) is 6.35. The molecule has 5 heterocycles. The first-order valence-electron chi connectivity index (χ1n) is 14.3. The van der Waals surface area contributed by atoms with Crippen molar-refractivity contribution in [2.24, 2.45) is 11.8 Å². The maximum absolute atomic E-state index is 13.2. The standard InChI is InChI=1S/C29H38ClN7O/c30-24-9-4-3-7-22(24)18-35-15-11-21(12-16-35)17-31-29(38)23-8-6-13-36(19-23)27-26-28(33-20-32-27)37-14-5-1-2-10-25(37)34-26/h3-4,7,9,20-21,23H,1-2,5-6,8,10-19H2,(H,31,38). The lowest BCUT2D eigenvalue weighted by Gasteiger charge is -2.34. The van der Waals surface area contributed by atoms with Gasteiger partial charge >= 0.3 is 0 Å². The van der Waals surface area contributed by atoms with Crippen molar-refractivity contribution in [1.82, 2.24) is 29.7 Å². The molecule has 0 bridgehead atoms. The van der Waals surface area contributed by atoms with Crippen LogP contribution in [-0.4, -0.2) is 63.0 Å². The summed E-state index contributed by atoms with van der Waals surface area (Å²) in [6, 6.07) is 8.10. The second-order valence-electron chi connectivity index (χ2n) is 11.2. The highest BCUT2D eigenvalue weighted by Gasteiger charge is 2.30. The highest BCUT2D eigenvalue weighted by molar-refractivity contribution is 6.31. The van der Waals surface area contributed by atoms with Crippen molar-refractivity contribution in [3.8, 4) is 0 Å². The van der Waals surface area contributed by atoms with Crippen molar-refractivity contribution in [2.75, 3.05) is 37.6 Å². The Hall–Kier alpha value is -2.71. The van der Waals surface area contributed by atoms with E-state index in [4.69, 9.17) is 16.6 Å². The molecule has 1 aromatic carbocycles. The first kappa shape index (κ1) is 25.6. The Balaban J connectivity index is 1.03. The molecule has 38 heavy (non-hydrogen) atoms. The molecule has 202 valence electrons. The molecule has 1 atom stereocenters. The maximum Gasteiger partial charge on any atom is 0.224 e. The van der Waals surface area contributed by atoms with Gasteiger partial charge < -0.3 is 14.8 Å². The van der Waals surface area contributed by atoms with E-state index in [1.807, 2.05) is 18.2 Å². The van der Waals surface area contributed by atoms with Crippen LogP contribution in [0.15, 0.2) is 30.6 Å². The molecule has 1 amide bonds. The number of likely N-dealkylation sites (tertiary alicyclic amines) is 1. The number of nitrogens with zero attached hydrogens (tertiary/aromatic N) is 6. The minimum atomic E-state index is -0.0190. The summed E-state index contributed by atoms with van der Waals surface area (Å²) in [5, 5.41) is 4.14. The number of carbonyl (C=O) groups excluding carboxylic acids is 1. The van der Waals surface area contributed by atoms with E-state index in [1.165, 1.54) is 24.8 Å². The normalized spacial score (nSPS) is 21.3. The molecule has 2 aromatic heterocycles. The first-order valence-corrected chi connectivity index (χ1v) is 14.7. The Morgan fingerprint density at radius 2 is 1.87 bits per heavy atom. The number of anilines is 1. The number of halogens is 1. The summed E-state index contributed by atoms with van der Waals surface area (Å²) in [6.07, 6.45) is 10.4. The summed E-state index contributed by atoms with van der Waals surface area (Å²) in [7, 11) is 0. The van der Waals surface area contributed by atoms with Gasteiger partial charge in [0.2, 0.25) is 5.91 Å². The molecule has 1 N–H and O–H groups in total. The highest BCUT2D eigenvalue weighted by Crippen LogP contribution is 2.30. The van der Waals surface area contributed by atoms with E-state index in [0.29, 0.717) is 12.5 Å². The lowest BCUT2D eigenvalue weighted by atomic mass is 9.94. The Kier molecular flexibility index (Phi) is 7.79. The van der Waals surface area contributed by atoms with Gasteiger partial charge in [0.1, 0.15) is 12.2 Å². The van der Waals surface area contributed by atoms with Crippen LogP contribution in [0.4, 0.5) is 5.82 Å². The number of aromatic nitrogens is 4. The minimum absolute atomic E-state index is 0.0190. The molecule has 0 radical (unpaired) electrons. The van der Waals surface area contributed by atoms with Gasteiger partial charge in [0.15, 0.2) is 17.0 Å². The molecule has 1 unspecified atom stereocenters. The van der Waals surface area contributed by atoms with Crippen LogP contribution in [0.25, 0.3) is 11.2 Å². The summed E-state index contributed by atoms with van der Waals surface area (Å²) in [5.74, 6) is 2.71. The van der Waals surface area contributed by atoms with Crippen molar-refractivity contribution in [3.63, 3.8) is 0 Å². The number of carbonyl (C=O) groups is 1. The van der Waals surface area contributed by atoms with E-state index >= 15 is 0 Å². The topological polar surface area (TPSA) is 79.2 Å². The molecular weight excluding hydrogens is 498 g/mol. The number of hydrogen-bond donors (Lipinski definition) is 1. The summed E-state index contributed by atoms with van der Waals surface area (Å²) >= 11 is 6.35. The minimum Gasteiger partial charge on any atom is -0.356 e. The fourth-order valence-corrected chi connectivity index (χ4v) is 6.54. The number of fused-ring (bicyclic) bond motifs is 3. The molecule has 8 nitrogen and oxygen atoms in total. The summed E-state index contributed by atoms with van der Waals surface area (Å²) in [4.78, 5) is 32.2. The molecule has 3 aliphatic heterocycles. The number of aryl methyl sites for hydroxylation is 2. The molecule has 6 rings (SSSR count). The summed E-state index contributed by atoms with van der Waals surface area (Å²) in [6.45, 7) is 6.32. The Morgan fingerprint density at radius 3 is 2.74 bits per heavy atom. The Labute approximate surface area is 229 Å². The van der Waals surface area contributed by atoms with Crippen molar-refractivity contribution >= 4 is 34.5 Å². The predicted molar refractivity (Wildman–Crippen MR) is 150 cm³/mol. The van der Waals surface area contributed by atoms with E-state index in [9.17, 15) is 4.79 Å². The summed E-state index contributed by atoms with van der Waals surface area (Å²) in [5.41, 5.74) is 3.03. The molecular formula is C29H38ClN7O. The number of nitrogens with one attached hydrogen (secondary N) is 1. The molecule has 3 aromatic rings. The van der Waals surface area contributed by atoms with Crippen molar-refractivity contribution in [1.29, 1.82) is 0 Å². The van der Waals surface area contributed by atoms with Gasteiger partial charge in [-0.05, 0) is 69.2 Å². The number of benzene rings is 1. The van der Waals surface area contributed by atoms with Gasteiger partial charge in [0.25, 0.3) is 0 Å². The van der Waals surface area contributed by atoms with E-state index in [0.717, 1.165) is 99.2 Å². The van der Waals surface area contributed by atoms with E-state index < -0.39 is 0 Å². The van der Waals surface area contributed by atoms with Crippen molar-refractivity contribution < 1.29 is 4.79 Å². The molecule has 2 saturated heterocycles. The van der Waals surface area contributed by atoms with E-state index in [1.54, 1.807) is 6.33 Å². The lowest BCUT2D eigenvalue weighted by molar-refractivity contribution is -0.125. The second-order valence-corrected chi connectivity index (χ2v) is 11.6. The number of piperidine rings is 2. The van der Waals surface area contributed by atoms with Gasteiger partial charge in [-0.2, -0.15) is 0 Å². The maximum atomic E-state index is 13.2. The molecule has 3 aliphatic rings. The van der Waals surface area contributed by atoms with Crippen LogP contribution in [0.5, 0.6) is 0 Å². The number of imidazole rings is 1. The van der Waals surface area contributed by atoms with Gasteiger partial charge in [-0.25, -0.2) is 15.0 Å². The fraction of sp³-hybridized carbons (Fsp3) is 0.586. The highest BCUT2D eigenvalue weighted by atomic mass is 35.5. The first-order chi connectivity index (χ1) is 18.7. The molecule has 9 heteroatoms. The zero-order valence-corrected chi connectivity index (χ0v) is 22.9. The third-order valence-electron chi connectivity index (χ3n) is 8.59. The van der Waals surface area contributed by atoms with Crippen LogP contribution >= 0.6 is 11.6 Å². The third kappa shape index (κ3) is 5.52. The molecule has 0 aliphatic carbocycles. The smallest absolute Gasteiger partial charge is 0.224 e. The lowest BCUT2D eigenvalue weighted by Crippen LogP contribution is -2.45. The van der Waals surface area contributed by atoms with Crippen LogP contribution < -0.4 is 10.2 Å². The quantitative estimate of drug-likeness (QED) is 0.502. The van der Waals surface area contributed by atoms with Gasteiger partial charge in [0.05, 0.1) is 5.92 Å². The van der Waals surface area contributed by atoms with Crippen LogP contribution in [0, 0.1) is 11.8 Å². The SMILES string of the molecule is O=C(NCC1CCN(Cc2ccccc2Cl)CC1)C1CCCN(c2ncnc3c2nc2n3CCCCC2)C1. The number of rotatable bonds is 6. The van der Waals surface area contributed by atoms with E-state index in [-0.39, 0.29) is 11.8 Å². The van der Waals surface area contributed by atoms with Crippen LogP contribution in [-0.2, 0) is 24.3 Å². The zero-order valence-electron chi connectivity index (χ0n) is 22.1. The predicted octanol–water partition coefficient (Wildman–Crippen LogP) is 4.45. The van der Waals surface area contributed by atoms with Crippen LogP contribution in [0.1, 0.15) is 56.3 Å². The van der Waals surface area contributed by atoms with E-state index in [2.05, 4.69) is 35.7 Å². The average Bonchev–Trinajstić information content (AvgIpc) is 3.14. The Morgan fingerprint density at radius 1 is 1.00 bits per heavy atom. The van der Waals surface area contributed by atoms with Crippen LogP contribution in [0.3, 0.4) is 0 Å². The monoisotopic (exact) mass is 535 g/mol. The van der Waals surface area contributed by atoms with Gasteiger partial charge in [-0.1, -0.05) is 36.2 Å². The van der Waals surface area contributed by atoms with Crippen molar-refractivity contribution in [2.45, 2.75) is 64.5 Å². The van der Waals surface area contributed by atoms with Gasteiger partial charge in [0, 0.05) is 44.2 Å². The van der Waals surface area contributed by atoms with Crippen molar-refractivity contribution in [3.05, 3.63) is 47.0 Å². The largest absolute Gasteiger partial charge is 0.356 e. The number of hydrogen-bond acceptors (Lipinski definition) is 6. The average molecular weight is 536 g/mol. The summed E-state index contributed by atoms with van der Waals surface area (Å²) < 4.78 is 2.28. The Bertz CT molecular complexity index is 1270. The van der Waals surface area contributed by atoms with Gasteiger partial charge in [-0.15, -0.1) is 0 Å². The second kappa shape index (κ2) is 11.6. The van der Waals surface area contributed by atoms with Gasteiger partial charge in [-0.3, -0.25) is 9.69 Å². The molecule has 0 saturated carbocycles. The molecule has 0 spiro atoms. The third-order valence-corrected chi connectivity index (χ3v) is 8.96. The number of amides is 1. The molecule has 2 fully saturated rings. The van der Waals surface area contributed by atoms with Crippen LogP contribution in [0.2, 0.25) is 5.02 Å².